The second kappa shape index (κ2) is 20.2. The van der Waals surface area contributed by atoms with Gasteiger partial charge in [0.1, 0.15) is 0 Å². The number of nitrogens with zero attached hydrogens (tertiary/aromatic N) is 1. The fourth-order valence-electron chi connectivity index (χ4n) is 3.56. The minimum absolute atomic E-state index is 0. The Morgan fingerprint density at radius 1 is 0.540 bits per heavy atom. The van der Waals surface area contributed by atoms with Gasteiger partial charge in [-0.15, -0.1) is 0 Å². The molecule has 0 aromatic carbocycles. The van der Waals surface area contributed by atoms with E-state index in [0.717, 1.165) is 0 Å². The first kappa shape index (κ1) is 55.2. The van der Waals surface area contributed by atoms with Gasteiger partial charge in [-0.25, -0.2) is 13.1 Å². The zero-order valence-electron chi connectivity index (χ0n) is 25.7. The average molecular weight is 847 g/mol. The summed E-state index contributed by atoms with van der Waals surface area (Å²) >= 11 is 0. The Balaban J connectivity index is -0.0000110. The van der Waals surface area contributed by atoms with Crippen molar-refractivity contribution >= 4 is 22.0 Å². The third-order valence-corrected chi connectivity index (χ3v) is 7.84. The number of carboxylic acid groups (broad SMARTS) is 2. The molecule has 1 N–H and O–H groups in total. The summed E-state index contributed by atoms with van der Waals surface area (Å²) in [6.07, 6.45) is -11.4. The fourth-order valence-corrected chi connectivity index (χ4v) is 4.69. The van der Waals surface area contributed by atoms with Gasteiger partial charge in [-0.1, -0.05) is 12.8 Å². The topological polar surface area (TPSA) is 130 Å². The van der Waals surface area contributed by atoms with Gasteiger partial charge in [0, 0.05) is 38.0 Å². The zero-order chi connectivity index (χ0) is 38.4. The molecule has 0 aliphatic carbocycles. The summed E-state index contributed by atoms with van der Waals surface area (Å²) in [6, 6.07) is 0. The first-order valence-electron chi connectivity index (χ1n) is 13.0. The second-order valence-electron chi connectivity index (χ2n) is 10.1. The van der Waals surface area contributed by atoms with E-state index in [1.54, 1.807) is 0 Å². The van der Waals surface area contributed by atoms with Gasteiger partial charge >= 0.3 is 150 Å². The van der Waals surface area contributed by atoms with E-state index in [9.17, 15) is 103 Å². The maximum Gasteiger partial charge on any atom is 1.00 e. The third-order valence-electron chi connectivity index (χ3n) is 6.46. The Morgan fingerprint density at radius 2 is 0.900 bits per heavy atom. The van der Waals surface area contributed by atoms with E-state index < -0.39 is 101 Å². The van der Waals surface area contributed by atoms with Crippen molar-refractivity contribution in [1.29, 1.82) is 0 Å². The first-order valence-corrected chi connectivity index (χ1v) is 14.6. The number of hydrogen-bond donors (Lipinski definition) is 1. The number of nitrogens with one attached hydrogen (secondary N) is 1. The van der Waals surface area contributed by atoms with Crippen molar-refractivity contribution in [3.05, 3.63) is 0 Å². The maximum atomic E-state index is 14.0. The number of carbonyl (C=O) groups is 2. The Hall–Kier alpha value is 0.893. The molecule has 0 saturated heterocycles. The first-order chi connectivity index (χ1) is 21.2. The number of unbranched alkanes of at least 4 members (excludes halogenated alkanes) is 3. The monoisotopic (exact) mass is 846 g/mol. The molecule has 0 aliphatic heterocycles. The number of aliphatic carboxylic acids is 2. The summed E-state index contributed by atoms with van der Waals surface area (Å²) in [6.45, 7) is -0.753. The van der Waals surface area contributed by atoms with Crippen molar-refractivity contribution in [3.8, 4) is 0 Å². The molecule has 0 aliphatic rings. The van der Waals surface area contributed by atoms with Gasteiger partial charge in [0.15, 0.2) is 0 Å². The molecule has 0 aromatic rings. The van der Waals surface area contributed by atoms with E-state index in [0.29, 0.717) is 0 Å². The van der Waals surface area contributed by atoms with Crippen LogP contribution < -0.4 is 118 Å². The van der Waals surface area contributed by atoms with Crippen LogP contribution >= 0.6 is 0 Å². The van der Waals surface area contributed by atoms with Crippen LogP contribution in [0.3, 0.4) is 0 Å². The molecular formula is C22H25F17K2N2O6S. The number of hydrogen-bond acceptors (Lipinski definition) is 7. The molecular weight excluding hydrogens is 821 g/mol. The quantitative estimate of drug-likeness (QED) is 0.0683. The van der Waals surface area contributed by atoms with Gasteiger partial charge in [0.25, 0.3) is 0 Å². The van der Waals surface area contributed by atoms with Crippen LogP contribution in [0.25, 0.3) is 0 Å². The molecule has 286 valence electrons. The van der Waals surface area contributed by atoms with Crippen LogP contribution in [0.15, 0.2) is 0 Å². The van der Waals surface area contributed by atoms with Gasteiger partial charge in [0.2, 0.25) is 10.0 Å². The molecule has 0 atom stereocenters. The molecule has 0 radical (unpaired) electrons. The molecule has 0 unspecified atom stereocenters. The van der Waals surface area contributed by atoms with Crippen molar-refractivity contribution in [3.63, 3.8) is 0 Å². The van der Waals surface area contributed by atoms with Gasteiger partial charge in [-0.05, 0) is 32.2 Å². The number of rotatable bonds is 23. The molecule has 8 nitrogen and oxygen atoms in total. The summed E-state index contributed by atoms with van der Waals surface area (Å²) in [5, 5.41) is 21.1. The summed E-state index contributed by atoms with van der Waals surface area (Å²) in [4.78, 5) is 22.5. The predicted octanol–water partition coefficient (Wildman–Crippen LogP) is -2.54. The Morgan fingerprint density at radius 3 is 1.28 bits per heavy atom. The fraction of sp³-hybridized carbons (Fsp3) is 0.909. The molecule has 0 amide bonds. The van der Waals surface area contributed by atoms with Crippen LogP contribution in [-0.4, -0.2) is 105 Å². The van der Waals surface area contributed by atoms with E-state index in [4.69, 9.17) is 0 Å². The molecule has 0 aromatic heterocycles. The summed E-state index contributed by atoms with van der Waals surface area (Å²) in [5.74, 6) is -63.0. The molecule has 0 saturated carbocycles. The average Bonchev–Trinajstić information content (AvgIpc) is 2.90. The van der Waals surface area contributed by atoms with Crippen molar-refractivity contribution < 1.29 is 206 Å². The molecule has 0 spiro atoms. The van der Waals surface area contributed by atoms with Gasteiger partial charge in [0.05, 0.1) is 5.75 Å². The zero-order valence-corrected chi connectivity index (χ0v) is 32.8. The van der Waals surface area contributed by atoms with E-state index in [-0.39, 0.29) is 148 Å². The molecule has 0 rings (SSSR count). The molecule has 50 heavy (non-hydrogen) atoms. The predicted molar refractivity (Wildman–Crippen MR) is 121 cm³/mol. The molecule has 28 heteroatoms. The summed E-state index contributed by atoms with van der Waals surface area (Å²) < 4.78 is 251. The summed E-state index contributed by atoms with van der Waals surface area (Å²) in [5.41, 5.74) is 0. The SMILES string of the molecule is O=C([O-])CCN(CCCCCCNS(=O)(=O)CCC(F)(F)C(F)(F)C(F)(F)C(F)(F)C(F)(F)C(F)(F)C(F)(F)C(F)(F)F)CCC(=O)[O-].[K+].[K+]. The smallest absolute Gasteiger partial charge is 0.550 e. The molecule has 0 fully saturated rings. The normalized spacial score (nSPS) is 14.3. The number of alkyl halides is 17. The van der Waals surface area contributed by atoms with Crippen molar-refractivity contribution in [1.82, 2.24) is 9.62 Å². The third kappa shape index (κ3) is 13.3. The van der Waals surface area contributed by atoms with Crippen LogP contribution in [0.2, 0.25) is 0 Å². The Labute approximate surface area is 357 Å². The number of sulfonamides is 1. The summed E-state index contributed by atoms with van der Waals surface area (Å²) in [7, 11) is -5.20. The van der Waals surface area contributed by atoms with E-state index in [1.807, 2.05) is 0 Å². The van der Waals surface area contributed by atoms with Crippen molar-refractivity contribution in [2.45, 2.75) is 92.6 Å². The van der Waals surface area contributed by atoms with Gasteiger partial charge < -0.3 is 24.7 Å². The molecule has 0 bridgehead atoms. The maximum absolute atomic E-state index is 14.0. The Kier molecular flexibility index (Phi) is 22.3. The number of halogens is 17. The Bertz CT molecular complexity index is 1190. The number of carboxylic acids is 2. The van der Waals surface area contributed by atoms with Crippen molar-refractivity contribution in [2.24, 2.45) is 0 Å². The second-order valence-corrected chi connectivity index (χ2v) is 12.0. The van der Waals surface area contributed by atoms with Gasteiger partial charge in [-0.3, -0.25) is 0 Å². The van der Waals surface area contributed by atoms with E-state index >= 15 is 0 Å². The van der Waals surface area contributed by atoms with E-state index in [1.165, 1.54) is 9.62 Å². The molecule has 0 heterocycles. The standard InChI is InChI=1S/C22H27F17N2O6S.2K/c23-15(24,16(25,26)17(27,28)18(29,30)19(31,32)20(33,34)21(35,36)22(37,38)39)7-12-48(46,47)40-8-3-1-2-4-9-41(10-5-13(42)43)11-6-14(44)45;;/h40H,1-12H2,(H,42,43)(H,44,45);;/q;2*+1/p-2. The van der Waals surface area contributed by atoms with Crippen molar-refractivity contribution in [2.75, 3.05) is 31.9 Å². The van der Waals surface area contributed by atoms with Crippen LogP contribution in [-0.2, 0) is 19.6 Å². The van der Waals surface area contributed by atoms with E-state index in [2.05, 4.69) is 0 Å². The minimum atomic E-state index is -8.78. The van der Waals surface area contributed by atoms with Crippen LogP contribution in [0, 0.1) is 0 Å². The van der Waals surface area contributed by atoms with Crippen LogP contribution in [0.4, 0.5) is 74.6 Å². The number of carbonyl (C=O) groups excluding carboxylic acids is 2. The van der Waals surface area contributed by atoms with Gasteiger partial charge in [-0.2, -0.15) is 74.6 Å². The van der Waals surface area contributed by atoms with Crippen LogP contribution in [0.5, 0.6) is 0 Å². The van der Waals surface area contributed by atoms with Crippen LogP contribution in [0.1, 0.15) is 44.9 Å². The largest absolute Gasteiger partial charge is 1.00 e. The minimum Gasteiger partial charge on any atom is -0.550 e.